The molecule has 0 bridgehead atoms. The smallest absolute Gasteiger partial charge is 0.254 e. The maximum absolute atomic E-state index is 13.1. The lowest BCUT2D eigenvalue weighted by Crippen LogP contribution is -2.52. The zero-order chi connectivity index (χ0) is 12.4. The van der Waals surface area contributed by atoms with Crippen molar-refractivity contribution in [2.45, 2.75) is 19.9 Å². The van der Waals surface area contributed by atoms with Crippen LogP contribution in [0.5, 0.6) is 0 Å². The second-order valence-electron chi connectivity index (χ2n) is 4.52. The van der Waals surface area contributed by atoms with Gasteiger partial charge in [-0.15, -0.1) is 0 Å². The van der Waals surface area contributed by atoms with Gasteiger partial charge in [-0.1, -0.05) is 0 Å². The molecule has 0 aromatic heterocycles. The zero-order valence-corrected chi connectivity index (χ0v) is 10.2. The van der Waals surface area contributed by atoms with E-state index in [1.807, 2.05) is 11.8 Å². The van der Waals surface area contributed by atoms with Crippen LogP contribution in [0.2, 0.25) is 0 Å². The lowest BCUT2D eigenvalue weighted by Gasteiger charge is -2.34. The molecule has 1 N–H and O–H groups in total. The van der Waals surface area contributed by atoms with Crippen molar-refractivity contribution in [1.82, 2.24) is 10.2 Å². The van der Waals surface area contributed by atoms with Crippen LogP contribution in [0.4, 0.5) is 4.39 Å². The quantitative estimate of drug-likeness (QED) is 0.802. The van der Waals surface area contributed by atoms with Crippen molar-refractivity contribution in [2.75, 3.05) is 19.6 Å². The summed E-state index contributed by atoms with van der Waals surface area (Å²) in [6, 6.07) is 4.71. The highest BCUT2D eigenvalue weighted by atomic mass is 19.1. The predicted molar refractivity (Wildman–Crippen MR) is 64.5 cm³/mol. The SMILES string of the molecule is Cc1cc(C(=O)N2CCNCC2C)ccc1F. The molecule has 0 radical (unpaired) electrons. The van der Waals surface area contributed by atoms with Crippen molar-refractivity contribution in [3.8, 4) is 0 Å². The average molecular weight is 236 g/mol. The van der Waals surface area contributed by atoms with Gasteiger partial charge in [0.15, 0.2) is 0 Å². The fourth-order valence-corrected chi connectivity index (χ4v) is 2.09. The summed E-state index contributed by atoms with van der Waals surface area (Å²) in [6.45, 7) is 6.02. The summed E-state index contributed by atoms with van der Waals surface area (Å²) in [5.74, 6) is -0.281. The van der Waals surface area contributed by atoms with Gasteiger partial charge in [-0.3, -0.25) is 4.79 Å². The molecule has 1 heterocycles. The van der Waals surface area contributed by atoms with Gasteiger partial charge in [0.25, 0.3) is 5.91 Å². The highest BCUT2D eigenvalue weighted by Crippen LogP contribution is 2.14. The first-order valence-electron chi connectivity index (χ1n) is 5.87. The minimum atomic E-state index is -0.269. The third-order valence-corrected chi connectivity index (χ3v) is 3.17. The molecule has 2 rings (SSSR count). The molecular weight excluding hydrogens is 219 g/mol. The van der Waals surface area contributed by atoms with Gasteiger partial charge in [-0.25, -0.2) is 4.39 Å². The molecule has 1 aliphatic rings. The molecule has 92 valence electrons. The van der Waals surface area contributed by atoms with E-state index in [1.165, 1.54) is 6.07 Å². The molecule has 1 aromatic carbocycles. The lowest BCUT2D eigenvalue weighted by atomic mass is 10.1. The summed E-state index contributed by atoms with van der Waals surface area (Å²) >= 11 is 0. The van der Waals surface area contributed by atoms with Gasteiger partial charge in [0, 0.05) is 31.2 Å². The highest BCUT2D eigenvalue weighted by Gasteiger charge is 2.24. The zero-order valence-electron chi connectivity index (χ0n) is 10.2. The van der Waals surface area contributed by atoms with Gasteiger partial charge in [-0.05, 0) is 37.6 Å². The molecule has 0 spiro atoms. The standard InChI is InChI=1S/C13H17FN2O/c1-9-7-11(3-4-12(9)14)13(17)16-6-5-15-8-10(16)2/h3-4,7,10,15H,5-6,8H2,1-2H3. The van der Waals surface area contributed by atoms with E-state index in [-0.39, 0.29) is 17.8 Å². The highest BCUT2D eigenvalue weighted by molar-refractivity contribution is 5.94. The van der Waals surface area contributed by atoms with Crippen molar-refractivity contribution in [3.63, 3.8) is 0 Å². The van der Waals surface area contributed by atoms with Crippen LogP contribution in [-0.2, 0) is 0 Å². The van der Waals surface area contributed by atoms with Crippen LogP contribution in [0.25, 0.3) is 0 Å². The minimum absolute atomic E-state index is 0.0119. The molecule has 1 atom stereocenters. The van der Waals surface area contributed by atoms with E-state index in [0.717, 1.165) is 13.1 Å². The number of rotatable bonds is 1. The van der Waals surface area contributed by atoms with Crippen LogP contribution >= 0.6 is 0 Å². The molecule has 4 heteroatoms. The van der Waals surface area contributed by atoms with E-state index in [0.29, 0.717) is 17.7 Å². The number of aryl methyl sites for hydroxylation is 1. The van der Waals surface area contributed by atoms with E-state index in [1.54, 1.807) is 19.1 Å². The number of amides is 1. The fraction of sp³-hybridized carbons (Fsp3) is 0.462. The Balaban J connectivity index is 2.21. The second kappa shape index (κ2) is 4.84. The Morgan fingerprint density at radius 2 is 2.29 bits per heavy atom. The predicted octanol–water partition coefficient (Wildman–Crippen LogP) is 1.57. The van der Waals surface area contributed by atoms with Crippen LogP contribution in [0.1, 0.15) is 22.8 Å². The number of benzene rings is 1. The Morgan fingerprint density at radius 1 is 1.53 bits per heavy atom. The molecule has 3 nitrogen and oxygen atoms in total. The first-order valence-corrected chi connectivity index (χ1v) is 5.87. The van der Waals surface area contributed by atoms with Gasteiger partial charge >= 0.3 is 0 Å². The Kier molecular flexibility index (Phi) is 3.43. The van der Waals surface area contributed by atoms with Gasteiger partial charge in [0.1, 0.15) is 5.82 Å². The monoisotopic (exact) mass is 236 g/mol. The summed E-state index contributed by atoms with van der Waals surface area (Å²) in [5, 5.41) is 3.24. The number of halogens is 1. The Bertz CT molecular complexity index is 433. The largest absolute Gasteiger partial charge is 0.333 e. The number of nitrogens with zero attached hydrogens (tertiary/aromatic N) is 1. The summed E-state index contributed by atoms with van der Waals surface area (Å²) in [6.07, 6.45) is 0. The van der Waals surface area contributed by atoms with Crippen molar-refractivity contribution in [1.29, 1.82) is 0 Å². The molecule has 1 aliphatic heterocycles. The van der Waals surface area contributed by atoms with Crippen LogP contribution in [0, 0.1) is 12.7 Å². The molecule has 0 saturated carbocycles. The van der Waals surface area contributed by atoms with Gasteiger partial charge in [-0.2, -0.15) is 0 Å². The third-order valence-electron chi connectivity index (χ3n) is 3.17. The molecule has 1 fully saturated rings. The van der Waals surface area contributed by atoms with Crippen molar-refractivity contribution in [3.05, 3.63) is 35.1 Å². The summed E-state index contributed by atoms with van der Waals surface area (Å²) in [7, 11) is 0. The molecule has 1 saturated heterocycles. The Hall–Kier alpha value is -1.42. The number of piperazine rings is 1. The van der Waals surface area contributed by atoms with Gasteiger partial charge in [0.05, 0.1) is 0 Å². The maximum Gasteiger partial charge on any atom is 0.254 e. The van der Waals surface area contributed by atoms with Crippen LogP contribution in [0.15, 0.2) is 18.2 Å². The number of hydrogen-bond acceptors (Lipinski definition) is 2. The third kappa shape index (κ3) is 2.47. The topological polar surface area (TPSA) is 32.3 Å². The number of carbonyl (C=O) groups excluding carboxylic acids is 1. The van der Waals surface area contributed by atoms with Crippen LogP contribution < -0.4 is 5.32 Å². The number of nitrogens with one attached hydrogen (secondary N) is 1. The van der Waals surface area contributed by atoms with Gasteiger partial charge in [0.2, 0.25) is 0 Å². The van der Waals surface area contributed by atoms with Gasteiger partial charge < -0.3 is 10.2 Å². The molecule has 17 heavy (non-hydrogen) atoms. The van der Waals surface area contributed by atoms with Crippen LogP contribution in [0.3, 0.4) is 0 Å². The molecule has 1 aromatic rings. The summed E-state index contributed by atoms with van der Waals surface area (Å²) in [4.78, 5) is 14.1. The lowest BCUT2D eigenvalue weighted by molar-refractivity contribution is 0.0655. The fourth-order valence-electron chi connectivity index (χ4n) is 2.09. The van der Waals surface area contributed by atoms with Crippen LogP contribution in [-0.4, -0.2) is 36.5 Å². The molecule has 1 unspecified atom stereocenters. The van der Waals surface area contributed by atoms with E-state index in [9.17, 15) is 9.18 Å². The molecule has 0 aliphatic carbocycles. The molecular formula is C13H17FN2O. The summed E-state index contributed by atoms with van der Waals surface area (Å²) in [5.41, 5.74) is 1.08. The number of carbonyl (C=O) groups is 1. The van der Waals surface area contributed by atoms with E-state index in [4.69, 9.17) is 0 Å². The minimum Gasteiger partial charge on any atom is -0.333 e. The van der Waals surface area contributed by atoms with Crippen molar-refractivity contribution < 1.29 is 9.18 Å². The first kappa shape index (κ1) is 12.0. The van der Waals surface area contributed by atoms with E-state index in [2.05, 4.69) is 5.32 Å². The van der Waals surface area contributed by atoms with Crippen molar-refractivity contribution in [2.24, 2.45) is 0 Å². The Labute approximate surface area is 101 Å². The molecule has 1 amide bonds. The second-order valence-corrected chi connectivity index (χ2v) is 4.52. The average Bonchev–Trinajstić information content (AvgIpc) is 2.32. The summed E-state index contributed by atoms with van der Waals surface area (Å²) < 4.78 is 13.1. The Morgan fingerprint density at radius 3 is 2.94 bits per heavy atom. The first-order chi connectivity index (χ1) is 8.09. The normalized spacial score (nSPS) is 20.4. The van der Waals surface area contributed by atoms with E-state index < -0.39 is 0 Å². The number of hydrogen-bond donors (Lipinski definition) is 1. The van der Waals surface area contributed by atoms with E-state index >= 15 is 0 Å². The van der Waals surface area contributed by atoms with Crippen molar-refractivity contribution >= 4 is 5.91 Å². The maximum atomic E-state index is 13.1.